The second-order valence-electron chi connectivity index (χ2n) is 3.88. The van der Waals surface area contributed by atoms with E-state index >= 15 is 0 Å². The standard InChI is InChI=1S/C11H13F2NO5S2/c1-21(17,18)14-4-5-20-7-2-3-9(8(12)6-7)19-10(13)11(15)16/h2-3,6,10,14H,4-5H2,1H3,(H,15,16). The lowest BCUT2D eigenvalue weighted by atomic mass is 10.3. The lowest BCUT2D eigenvalue weighted by molar-refractivity contribution is -0.153. The van der Waals surface area contributed by atoms with Crippen molar-refractivity contribution in [1.29, 1.82) is 0 Å². The summed E-state index contributed by atoms with van der Waals surface area (Å²) < 4.78 is 54.6. The van der Waals surface area contributed by atoms with E-state index in [2.05, 4.69) is 9.46 Å². The van der Waals surface area contributed by atoms with E-state index in [9.17, 15) is 22.0 Å². The molecule has 0 amide bonds. The largest absolute Gasteiger partial charge is 0.476 e. The summed E-state index contributed by atoms with van der Waals surface area (Å²) in [6.45, 7) is 0.176. The zero-order chi connectivity index (χ0) is 16.0. The number of hydrogen-bond donors (Lipinski definition) is 2. The molecule has 0 aliphatic rings. The van der Waals surface area contributed by atoms with Gasteiger partial charge in [0.2, 0.25) is 10.0 Å². The number of halogens is 2. The molecule has 0 fully saturated rings. The lowest BCUT2D eigenvalue weighted by Gasteiger charge is -2.09. The Bertz CT molecular complexity index is 609. The predicted octanol–water partition coefficient (Wildman–Crippen LogP) is 1.23. The van der Waals surface area contributed by atoms with Gasteiger partial charge in [0.15, 0.2) is 11.6 Å². The van der Waals surface area contributed by atoms with Crippen molar-refractivity contribution in [1.82, 2.24) is 4.72 Å². The highest BCUT2D eigenvalue weighted by atomic mass is 32.2. The maximum atomic E-state index is 13.6. The molecule has 21 heavy (non-hydrogen) atoms. The van der Waals surface area contributed by atoms with Gasteiger partial charge in [-0.05, 0) is 18.2 Å². The van der Waals surface area contributed by atoms with Crippen LogP contribution in [0.5, 0.6) is 5.75 Å². The van der Waals surface area contributed by atoms with Crippen LogP contribution in [0.4, 0.5) is 8.78 Å². The molecule has 6 nitrogen and oxygen atoms in total. The number of carboxylic acids is 1. The number of sulfonamides is 1. The van der Waals surface area contributed by atoms with Crippen LogP contribution in [0, 0.1) is 5.82 Å². The van der Waals surface area contributed by atoms with Gasteiger partial charge in [0.05, 0.1) is 6.26 Å². The van der Waals surface area contributed by atoms with Crippen LogP contribution in [-0.4, -0.2) is 44.4 Å². The van der Waals surface area contributed by atoms with Crippen LogP contribution in [0.15, 0.2) is 23.1 Å². The zero-order valence-corrected chi connectivity index (χ0v) is 12.5. The molecule has 0 bridgehead atoms. The van der Waals surface area contributed by atoms with Gasteiger partial charge in [0, 0.05) is 17.2 Å². The number of carboxylic acid groups (broad SMARTS) is 1. The molecule has 118 valence electrons. The summed E-state index contributed by atoms with van der Waals surface area (Å²) in [5.74, 6) is -2.89. The number of carbonyl (C=O) groups is 1. The number of ether oxygens (including phenoxy) is 1. The molecule has 0 radical (unpaired) electrons. The lowest BCUT2D eigenvalue weighted by Crippen LogP contribution is -2.24. The SMILES string of the molecule is CS(=O)(=O)NCCSc1ccc(OC(F)C(=O)O)c(F)c1. The Morgan fingerprint density at radius 1 is 1.52 bits per heavy atom. The fraction of sp³-hybridized carbons (Fsp3) is 0.364. The maximum Gasteiger partial charge on any atom is 0.378 e. The normalized spacial score (nSPS) is 12.9. The molecule has 0 aliphatic heterocycles. The summed E-state index contributed by atoms with van der Waals surface area (Å²) in [4.78, 5) is 10.7. The number of hydrogen-bond acceptors (Lipinski definition) is 5. The Kier molecular flexibility index (Phi) is 6.37. The number of rotatable bonds is 8. The molecule has 1 unspecified atom stereocenters. The fourth-order valence-corrected chi connectivity index (χ4v) is 2.62. The summed E-state index contributed by atoms with van der Waals surface area (Å²) in [6, 6.07) is 3.57. The van der Waals surface area contributed by atoms with Gasteiger partial charge in [0.25, 0.3) is 0 Å². The van der Waals surface area contributed by atoms with Gasteiger partial charge in [0.1, 0.15) is 0 Å². The van der Waals surface area contributed by atoms with Crippen molar-refractivity contribution in [3.8, 4) is 5.75 Å². The molecule has 1 rings (SSSR count). The molecule has 0 aliphatic carbocycles. The third kappa shape index (κ3) is 6.74. The van der Waals surface area contributed by atoms with Crippen LogP contribution in [0.3, 0.4) is 0 Å². The molecule has 1 aromatic rings. The van der Waals surface area contributed by atoms with Gasteiger partial charge < -0.3 is 9.84 Å². The number of aliphatic carboxylic acids is 1. The Balaban J connectivity index is 2.56. The van der Waals surface area contributed by atoms with Crippen molar-refractivity contribution in [2.75, 3.05) is 18.6 Å². The van der Waals surface area contributed by atoms with Gasteiger partial charge in [-0.1, -0.05) is 0 Å². The number of alkyl halides is 1. The smallest absolute Gasteiger partial charge is 0.378 e. The van der Waals surface area contributed by atoms with Crippen molar-refractivity contribution in [3.63, 3.8) is 0 Å². The predicted molar refractivity (Wildman–Crippen MR) is 73.1 cm³/mol. The van der Waals surface area contributed by atoms with Crippen molar-refractivity contribution in [2.24, 2.45) is 0 Å². The molecule has 0 heterocycles. The first-order chi connectivity index (χ1) is 9.69. The summed E-state index contributed by atoms with van der Waals surface area (Å²) in [5.41, 5.74) is 0. The first kappa shape index (κ1) is 17.7. The minimum atomic E-state index is -3.27. The van der Waals surface area contributed by atoms with Crippen LogP contribution in [0.1, 0.15) is 0 Å². The molecule has 10 heteroatoms. The minimum Gasteiger partial charge on any atom is -0.476 e. The van der Waals surface area contributed by atoms with E-state index in [1.54, 1.807) is 0 Å². The second kappa shape index (κ2) is 7.57. The van der Waals surface area contributed by atoms with Crippen LogP contribution in [0.25, 0.3) is 0 Å². The molecular weight excluding hydrogens is 328 g/mol. The third-order valence-electron chi connectivity index (χ3n) is 2.06. The molecule has 0 aromatic heterocycles. The summed E-state index contributed by atoms with van der Waals surface area (Å²) >= 11 is 1.18. The Hall–Kier alpha value is -1.39. The average Bonchev–Trinajstić information content (AvgIpc) is 2.36. The van der Waals surface area contributed by atoms with Gasteiger partial charge in [-0.15, -0.1) is 11.8 Å². The van der Waals surface area contributed by atoms with E-state index in [4.69, 9.17) is 5.11 Å². The third-order valence-corrected chi connectivity index (χ3v) is 3.79. The number of thioether (sulfide) groups is 1. The summed E-state index contributed by atoms with van der Waals surface area (Å²) in [5, 5.41) is 8.32. The summed E-state index contributed by atoms with van der Waals surface area (Å²) in [6.07, 6.45) is -1.61. The molecule has 2 N–H and O–H groups in total. The monoisotopic (exact) mass is 341 g/mol. The Morgan fingerprint density at radius 3 is 2.71 bits per heavy atom. The molecule has 0 spiro atoms. The highest BCUT2D eigenvalue weighted by molar-refractivity contribution is 7.99. The van der Waals surface area contributed by atoms with Crippen molar-refractivity contribution < 1.29 is 31.8 Å². The first-order valence-electron chi connectivity index (χ1n) is 5.59. The van der Waals surface area contributed by atoms with Gasteiger partial charge >= 0.3 is 12.3 Å². The fourth-order valence-electron chi connectivity index (χ4n) is 1.22. The number of benzene rings is 1. The molecular formula is C11H13F2NO5S2. The van der Waals surface area contributed by atoms with Gasteiger partial charge in [-0.3, -0.25) is 0 Å². The second-order valence-corrected chi connectivity index (χ2v) is 6.88. The Morgan fingerprint density at radius 2 is 2.19 bits per heavy atom. The van der Waals surface area contributed by atoms with Gasteiger partial charge in [-0.25, -0.2) is 22.3 Å². The van der Waals surface area contributed by atoms with E-state index in [1.807, 2.05) is 0 Å². The van der Waals surface area contributed by atoms with Crippen molar-refractivity contribution >= 4 is 27.8 Å². The molecule has 1 aromatic carbocycles. The van der Waals surface area contributed by atoms with Crippen molar-refractivity contribution in [3.05, 3.63) is 24.0 Å². The molecule has 0 saturated carbocycles. The van der Waals surface area contributed by atoms with Crippen LogP contribution >= 0.6 is 11.8 Å². The van der Waals surface area contributed by atoms with Crippen LogP contribution in [0.2, 0.25) is 0 Å². The van der Waals surface area contributed by atoms with E-state index < -0.39 is 33.9 Å². The summed E-state index contributed by atoms with van der Waals surface area (Å²) in [7, 11) is -3.27. The Labute approximate surface area is 124 Å². The van der Waals surface area contributed by atoms with E-state index in [0.29, 0.717) is 10.6 Å². The van der Waals surface area contributed by atoms with Crippen LogP contribution in [-0.2, 0) is 14.8 Å². The highest BCUT2D eigenvalue weighted by Crippen LogP contribution is 2.25. The number of nitrogens with one attached hydrogen (secondary N) is 1. The topological polar surface area (TPSA) is 92.7 Å². The van der Waals surface area contributed by atoms with E-state index in [1.165, 1.54) is 17.8 Å². The average molecular weight is 341 g/mol. The minimum absolute atomic E-state index is 0.176. The van der Waals surface area contributed by atoms with Gasteiger partial charge in [-0.2, -0.15) is 4.39 Å². The van der Waals surface area contributed by atoms with E-state index in [0.717, 1.165) is 18.4 Å². The van der Waals surface area contributed by atoms with Crippen LogP contribution < -0.4 is 9.46 Å². The van der Waals surface area contributed by atoms with Crippen molar-refractivity contribution in [2.45, 2.75) is 11.3 Å². The maximum absolute atomic E-state index is 13.6. The molecule has 0 saturated heterocycles. The van der Waals surface area contributed by atoms with E-state index in [-0.39, 0.29) is 6.54 Å². The quantitative estimate of drug-likeness (QED) is 0.546. The molecule has 1 atom stereocenters. The zero-order valence-electron chi connectivity index (χ0n) is 10.9. The highest BCUT2D eigenvalue weighted by Gasteiger charge is 2.19. The first-order valence-corrected chi connectivity index (χ1v) is 8.47.